The second kappa shape index (κ2) is 11.6. The van der Waals surface area contributed by atoms with Gasteiger partial charge in [0.25, 0.3) is 0 Å². The summed E-state index contributed by atoms with van der Waals surface area (Å²) in [6.45, 7) is 7.67. The highest BCUT2D eigenvalue weighted by Crippen LogP contribution is 2.28. The van der Waals surface area contributed by atoms with Crippen LogP contribution in [-0.2, 0) is 24.1 Å². The van der Waals surface area contributed by atoms with E-state index in [-0.39, 0.29) is 5.91 Å². The molecule has 7 heteroatoms. The van der Waals surface area contributed by atoms with Gasteiger partial charge in [-0.15, -0.1) is 0 Å². The van der Waals surface area contributed by atoms with Crippen LogP contribution in [0.1, 0.15) is 22.6 Å². The Balaban J connectivity index is 1.41. The standard InChI is InChI=1S/C28H33N5O2/c1-4-28(34)31-24-7-5-6-21(18-24)8-10-23-12-13-29-27(30-23)19-22-9-11-25(20-26(22)35-3)33-16-14-32(2)15-17-33/h4-7,9,11-13,18,20H,1,8,10,14-17,19H2,2-3H3,(H,31,34). The molecule has 0 atom stereocenters. The average Bonchev–Trinajstić information content (AvgIpc) is 2.88. The van der Waals surface area contributed by atoms with Crippen molar-refractivity contribution in [1.29, 1.82) is 0 Å². The molecule has 1 aliphatic heterocycles. The highest BCUT2D eigenvalue weighted by molar-refractivity contribution is 5.98. The molecule has 0 saturated carbocycles. The van der Waals surface area contributed by atoms with Gasteiger partial charge >= 0.3 is 0 Å². The van der Waals surface area contributed by atoms with E-state index in [4.69, 9.17) is 9.72 Å². The monoisotopic (exact) mass is 471 g/mol. The van der Waals surface area contributed by atoms with Gasteiger partial charge in [-0.3, -0.25) is 4.79 Å². The summed E-state index contributed by atoms with van der Waals surface area (Å²) >= 11 is 0. The molecule has 7 nitrogen and oxygen atoms in total. The van der Waals surface area contributed by atoms with Crippen molar-refractivity contribution in [3.8, 4) is 5.75 Å². The van der Waals surface area contributed by atoms with Crippen molar-refractivity contribution in [2.45, 2.75) is 19.3 Å². The number of hydrogen-bond donors (Lipinski definition) is 1. The fourth-order valence-electron chi connectivity index (χ4n) is 4.25. The molecule has 2 heterocycles. The number of methoxy groups -OCH3 is 1. The largest absolute Gasteiger partial charge is 0.496 e. The first kappa shape index (κ1) is 24.4. The number of rotatable bonds is 9. The molecule has 3 aromatic rings. The summed E-state index contributed by atoms with van der Waals surface area (Å²) in [5.41, 5.74) is 5.16. The highest BCUT2D eigenvalue weighted by atomic mass is 16.5. The number of aromatic nitrogens is 2. The molecule has 182 valence electrons. The molecular formula is C28H33N5O2. The predicted molar refractivity (Wildman–Crippen MR) is 140 cm³/mol. The summed E-state index contributed by atoms with van der Waals surface area (Å²) in [6.07, 6.45) is 5.31. The third kappa shape index (κ3) is 6.67. The Labute approximate surface area is 207 Å². The second-order valence-electron chi connectivity index (χ2n) is 8.82. The summed E-state index contributed by atoms with van der Waals surface area (Å²) in [6, 6.07) is 16.2. The van der Waals surface area contributed by atoms with Crippen LogP contribution < -0.4 is 15.0 Å². The number of anilines is 2. The van der Waals surface area contributed by atoms with E-state index in [0.29, 0.717) is 6.42 Å². The lowest BCUT2D eigenvalue weighted by Gasteiger charge is -2.34. The number of carbonyl (C=O) groups is 1. The third-order valence-electron chi connectivity index (χ3n) is 6.30. The number of amides is 1. The van der Waals surface area contributed by atoms with Crippen LogP contribution in [0.5, 0.6) is 5.75 Å². The van der Waals surface area contributed by atoms with Gasteiger partial charge in [0.2, 0.25) is 5.91 Å². The average molecular weight is 472 g/mol. The van der Waals surface area contributed by atoms with Crippen molar-refractivity contribution in [3.63, 3.8) is 0 Å². The van der Waals surface area contributed by atoms with Gasteiger partial charge in [-0.2, -0.15) is 0 Å². The lowest BCUT2D eigenvalue weighted by molar-refractivity contribution is -0.111. The summed E-state index contributed by atoms with van der Waals surface area (Å²) in [4.78, 5) is 25.6. The fraction of sp³-hybridized carbons (Fsp3) is 0.321. The number of nitrogens with one attached hydrogen (secondary N) is 1. The number of ether oxygens (including phenoxy) is 1. The maximum Gasteiger partial charge on any atom is 0.247 e. The van der Waals surface area contributed by atoms with Crippen molar-refractivity contribution < 1.29 is 9.53 Å². The van der Waals surface area contributed by atoms with Gasteiger partial charge in [0.1, 0.15) is 11.6 Å². The van der Waals surface area contributed by atoms with Crippen LogP contribution >= 0.6 is 0 Å². The van der Waals surface area contributed by atoms with E-state index in [2.05, 4.69) is 58.0 Å². The Morgan fingerprint density at radius 3 is 2.71 bits per heavy atom. The molecule has 0 bridgehead atoms. The van der Waals surface area contributed by atoms with Crippen molar-refractivity contribution in [2.24, 2.45) is 0 Å². The Morgan fingerprint density at radius 2 is 1.94 bits per heavy atom. The van der Waals surface area contributed by atoms with Gasteiger partial charge in [-0.05, 0) is 55.8 Å². The van der Waals surface area contributed by atoms with E-state index in [1.807, 2.05) is 30.5 Å². The van der Waals surface area contributed by atoms with Crippen LogP contribution in [0, 0.1) is 0 Å². The maximum absolute atomic E-state index is 11.6. The first-order chi connectivity index (χ1) is 17.0. The molecule has 1 N–H and O–H groups in total. The van der Waals surface area contributed by atoms with E-state index in [0.717, 1.165) is 73.1 Å². The first-order valence-corrected chi connectivity index (χ1v) is 12.0. The minimum atomic E-state index is -0.213. The molecule has 0 unspecified atom stereocenters. The molecule has 1 aliphatic rings. The zero-order valence-electron chi connectivity index (χ0n) is 20.5. The van der Waals surface area contributed by atoms with E-state index >= 15 is 0 Å². The Morgan fingerprint density at radius 1 is 1.11 bits per heavy atom. The summed E-state index contributed by atoms with van der Waals surface area (Å²) < 4.78 is 5.72. The Hall–Kier alpha value is -3.71. The third-order valence-corrected chi connectivity index (χ3v) is 6.30. The van der Waals surface area contributed by atoms with Crippen molar-refractivity contribution >= 4 is 17.3 Å². The van der Waals surface area contributed by atoms with Crippen molar-refractivity contribution in [1.82, 2.24) is 14.9 Å². The SMILES string of the molecule is C=CC(=O)Nc1cccc(CCc2ccnc(Cc3ccc(N4CCN(C)CC4)cc3OC)n2)c1. The molecule has 35 heavy (non-hydrogen) atoms. The molecule has 4 rings (SSSR count). The normalized spacial score (nSPS) is 13.9. The number of nitrogens with zero attached hydrogens (tertiary/aromatic N) is 4. The van der Waals surface area contributed by atoms with Gasteiger partial charge < -0.3 is 19.9 Å². The molecule has 0 radical (unpaired) electrons. The number of hydrogen-bond acceptors (Lipinski definition) is 6. The van der Waals surface area contributed by atoms with E-state index in [9.17, 15) is 4.79 Å². The first-order valence-electron chi connectivity index (χ1n) is 12.0. The van der Waals surface area contributed by atoms with Crippen LogP contribution in [0.15, 0.2) is 67.4 Å². The summed E-state index contributed by atoms with van der Waals surface area (Å²) in [7, 11) is 3.88. The van der Waals surface area contributed by atoms with Crippen molar-refractivity contribution in [3.05, 3.63) is 90.0 Å². The molecule has 1 amide bonds. The minimum absolute atomic E-state index is 0.213. The van der Waals surface area contributed by atoms with E-state index < -0.39 is 0 Å². The van der Waals surface area contributed by atoms with Gasteiger partial charge in [0.05, 0.1) is 7.11 Å². The molecule has 1 saturated heterocycles. The Kier molecular flexibility index (Phi) is 8.11. The van der Waals surface area contributed by atoms with Crippen LogP contribution in [0.3, 0.4) is 0 Å². The maximum atomic E-state index is 11.6. The van der Waals surface area contributed by atoms with Crippen LogP contribution in [0.25, 0.3) is 0 Å². The highest BCUT2D eigenvalue weighted by Gasteiger charge is 2.16. The molecule has 0 aliphatic carbocycles. The lowest BCUT2D eigenvalue weighted by Crippen LogP contribution is -2.44. The zero-order chi connectivity index (χ0) is 24.6. The van der Waals surface area contributed by atoms with E-state index in [1.54, 1.807) is 7.11 Å². The van der Waals surface area contributed by atoms with Crippen LogP contribution in [0.4, 0.5) is 11.4 Å². The Bertz CT molecular complexity index is 1170. The quantitative estimate of drug-likeness (QED) is 0.480. The molecule has 1 fully saturated rings. The number of carbonyl (C=O) groups excluding carboxylic acids is 1. The number of piperazine rings is 1. The molecule has 1 aromatic heterocycles. The van der Waals surface area contributed by atoms with E-state index in [1.165, 1.54) is 11.8 Å². The molecule has 2 aromatic carbocycles. The van der Waals surface area contributed by atoms with Crippen LogP contribution in [-0.4, -0.2) is 61.1 Å². The summed E-state index contributed by atoms with van der Waals surface area (Å²) in [5.74, 6) is 1.43. The summed E-state index contributed by atoms with van der Waals surface area (Å²) in [5, 5.41) is 2.80. The predicted octanol–water partition coefficient (Wildman–Crippen LogP) is 3.74. The number of likely N-dealkylation sites (N-methyl/N-ethyl adjacent to an activating group) is 1. The topological polar surface area (TPSA) is 70.6 Å². The lowest BCUT2D eigenvalue weighted by atomic mass is 10.1. The zero-order valence-corrected chi connectivity index (χ0v) is 20.5. The number of benzene rings is 2. The van der Waals surface area contributed by atoms with Gasteiger partial charge in [0.15, 0.2) is 0 Å². The van der Waals surface area contributed by atoms with Crippen molar-refractivity contribution in [2.75, 3.05) is 50.6 Å². The fourth-order valence-corrected chi connectivity index (χ4v) is 4.25. The van der Waals surface area contributed by atoms with Gasteiger partial charge in [-0.1, -0.05) is 24.8 Å². The van der Waals surface area contributed by atoms with Gasteiger partial charge in [0, 0.05) is 67.5 Å². The van der Waals surface area contributed by atoms with Crippen LogP contribution in [0.2, 0.25) is 0 Å². The molecular weight excluding hydrogens is 438 g/mol. The minimum Gasteiger partial charge on any atom is -0.496 e. The molecule has 0 spiro atoms. The smallest absolute Gasteiger partial charge is 0.247 e. The number of aryl methyl sites for hydroxylation is 2. The second-order valence-corrected chi connectivity index (χ2v) is 8.82. The van der Waals surface area contributed by atoms with Gasteiger partial charge in [-0.25, -0.2) is 9.97 Å².